The van der Waals surface area contributed by atoms with E-state index in [9.17, 15) is 9.59 Å². The molecule has 0 bridgehead atoms. The van der Waals surface area contributed by atoms with Crippen LogP contribution in [0.2, 0.25) is 5.02 Å². The number of carbonyl (C=O) groups excluding carboxylic acids is 2. The molecule has 0 aliphatic carbocycles. The van der Waals surface area contributed by atoms with Gasteiger partial charge in [-0.15, -0.1) is 0 Å². The van der Waals surface area contributed by atoms with Gasteiger partial charge < -0.3 is 4.90 Å². The Balaban J connectivity index is 1.57. The largest absolute Gasteiger partial charge is 0.378 e. The average Bonchev–Trinajstić information content (AvgIpc) is 3.31. The summed E-state index contributed by atoms with van der Waals surface area (Å²) in [6.07, 6.45) is -0.892. The Hall–Kier alpha value is -3.35. The molecule has 2 heterocycles. The second kappa shape index (κ2) is 7.97. The minimum absolute atomic E-state index is 0.260. The van der Waals surface area contributed by atoms with E-state index in [0.717, 1.165) is 16.9 Å². The molecule has 0 spiro atoms. The number of nitrogens with zero attached hydrogens (tertiary/aromatic N) is 3. The fourth-order valence-electron chi connectivity index (χ4n) is 4.37. The molecule has 2 aliphatic rings. The van der Waals surface area contributed by atoms with E-state index in [-0.39, 0.29) is 11.8 Å². The fraction of sp³-hybridized carbons (Fsp3) is 0.200. The number of hydroxylamine groups is 1. The first-order valence-electron chi connectivity index (χ1n) is 10.4. The second-order valence-electron chi connectivity index (χ2n) is 8.13. The number of imide groups is 1. The lowest BCUT2D eigenvalue weighted by atomic mass is 9.90. The van der Waals surface area contributed by atoms with Crippen LogP contribution < -0.4 is 14.9 Å². The molecule has 3 aromatic rings. The molecule has 7 heteroatoms. The van der Waals surface area contributed by atoms with E-state index in [0.29, 0.717) is 10.7 Å². The standard InChI is InChI=1S/C25H22ClN3O3/c1-27(2)18-12-8-16(9-13-18)22-21-23(32-29(22)20-14-10-17(26)11-15-20)25(31)28(24(21)30)19-6-4-3-5-7-19/h3-15,21-23H,1-2H3/t21-,22+,23-/m1/s1. The normalized spacial score (nSPS) is 22.4. The average molecular weight is 448 g/mol. The summed E-state index contributed by atoms with van der Waals surface area (Å²) >= 11 is 6.07. The van der Waals surface area contributed by atoms with Crippen molar-refractivity contribution in [1.82, 2.24) is 0 Å². The molecule has 6 nitrogen and oxygen atoms in total. The van der Waals surface area contributed by atoms with Crippen LogP contribution in [0.5, 0.6) is 0 Å². The number of anilines is 3. The van der Waals surface area contributed by atoms with E-state index in [2.05, 4.69) is 0 Å². The molecule has 0 radical (unpaired) electrons. The highest BCUT2D eigenvalue weighted by Crippen LogP contribution is 2.47. The van der Waals surface area contributed by atoms with E-state index in [1.54, 1.807) is 29.3 Å². The second-order valence-corrected chi connectivity index (χ2v) is 8.57. The maximum Gasteiger partial charge on any atom is 0.266 e. The molecule has 0 unspecified atom stereocenters. The van der Waals surface area contributed by atoms with Gasteiger partial charge in [-0.05, 0) is 54.1 Å². The van der Waals surface area contributed by atoms with Gasteiger partial charge in [0.2, 0.25) is 5.91 Å². The smallest absolute Gasteiger partial charge is 0.266 e. The van der Waals surface area contributed by atoms with Gasteiger partial charge in [0.15, 0.2) is 6.10 Å². The van der Waals surface area contributed by atoms with Crippen LogP contribution in [0.25, 0.3) is 0 Å². The molecule has 0 N–H and O–H groups in total. The Labute approximate surface area is 191 Å². The zero-order valence-corrected chi connectivity index (χ0v) is 18.4. The highest BCUT2D eigenvalue weighted by atomic mass is 35.5. The fourth-order valence-corrected chi connectivity index (χ4v) is 4.49. The van der Waals surface area contributed by atoms with Gasteiger partial charge in [0.1, 0.15) is 5.92 Å². The summed E-state index contributed by atoms with van der Waals surface area (Å²) in [6, 6.07) is 23.7. The lowest BCUT2D eigenvalue weighted by Gasteiger charge is -2.29. The summed E-state index contributed by atoms with van der Waals surface area (Å²) < 4.78 is 0. The third-order valence-electron chi connectivity index (χ3n) is 5.96. The number of para-hydroxylation sites is 1. The van der Waals surface area contributed by atoms with Crippen LogP contribution in [0.4, 0.5) is 17.1 Å². The van der Waals surface area contributed by atoms with Gasteiger partial charge in [-0.25, -0.2) is 9.96 Å². The van der Waals surface area contributed by atoms with E-state index in [1.807, 2.05) is 73.6 Å². The van der Waals surface area contributed by atoms with E-state index >= 15 is 0 Å². The molecule has 3 aromatic carbocycles. The Morgan fingerprint density at radius 2 is 1.47 bits per heavy atom. The number of carbonyl (C=O) groups is 2. The maximum absolute atomic E-state index is 13.6. The summed E-state index contributed by atoms with van der Waals surface area (Å²) in [5, 5.41) is 2.27. The van der Waals surface area contributed by atoms with Crippen LogP contribution in [-0.4, -0.2) is 32.0 Å². The first-order valence-corrected chi connectivity index (χ1v) is 10.8. The van der Waals surface area contributed by atoms with Crippen LogP contribution in [0, 0.1) is 5.92 Å². The highest BCUT2D eigenvalue weighted by Gasteiger charge is 2.60. The van der Waals surface area contributed by atoms with E-state index in [4.69, 9.17) is 16.4 Å². The van der Waals surface area contributed by atoms with Crippen molar-refractivity contribution >= 4 is 40.5 Å². The van der Waals surface area contributed by atoms with E-state index < -0.39 is 18.1 Å². The minimum atomic E-state index is -0.892. The number of halogens is 1. The first kappa shape index (κ1) is 20.5. The Kier molecular flexibility index (Phi) is 5.12. The van der Waals surface area contributed by atoms with Crippen molar-refractivity contribution in [2.45, 2.75) is 12.1 Å². The van der Waals surface area contributed by atoms with Crippen molar-refractivity contribution < 1.29 is 14.4 Å². The van der Waals surface area contributed by atoms with Crippen molar-refractivity contribution in [3.8, 4) is 0 Å². The zero-order chi connectivity index (χ0) is 22.4. The van der Waals surface area contributed by atoms with Crippen LogP contribution in [0.1, 0.15) is 11.6 Å². The third-order valence-corrected chi connectivity index (χ3v) is 6.21. The van der Waals surface area contributed by atoms with Gasteiger partial charge >= 0.3 is 0 Å². The summed E-state index contributed by atoms with van der Waals surface area (Å²) in [5.74, 6) is -1.27. The number of hydrogen-bond acceptors (Lipinski definition) is 5. The van der Waals surface area contributed by atoms with Crippen molar-refractivity contribution in [2.75, 3.05) is 29.0 Å². The van der Waals surface area contributed by atoms with Crippen molar-refractivity contribution in [2.24, 2.45) is 5.92 Å². The van der Waals surface area contributed by atoms with Crippen LogP contribution in [-0.2, 0) is 14.4 Å². The van der Waals surface area contributed by atoms with Gasteiger partial charge in [0.25, 0.3) is 5.91 Å². The summed E-state index contributed by atoms with van der Waals surface area (Å²) in [5.41, 5.74) is 3.23. The van der Waals surface area contributed by atoms with Crippen molar-refractivity contribution in [1.29, 1.82) is 0 Å². The number of amides is 2. The number of hydrogen-bond donors (Lipinski definition) is 0. The van der Waals surface area contributed by atoms with Gasteiger partial charge in [0.05, 0.1) is 17.4 Å². The number of rotatable bonds is 4. The molecule has 162 valence electrons. The summed E-state index contributed by atoms with van der Waals surface area (Å²) in [6.45, 7) is 0. The Morgan fingerprint density at radius 3 is 2.09 bits per heavy atom. The van der Waals surface area contributed by atoms with Gasteiger partial charge in [0, 0.05) is 24.8 Å². The molecule has 0 aromatic heterocycles. The molecule has 2 fully saturated rings. The maximum atomic E-state index is 13.6. The minimum Gasteiger partial charge on any atom is -0.378 e. The third kappa shape index (κ3) is 3.32. The summed E-state index contributed by atoms with van der Waals surface area (Å²) in [4.78, 5) is 36.2. The predicted octanol–water partition coefficient (Wildman–Crippen LogP) is 4.46. The predicted molar refractivity (Wildman–Crippen MR) is 125 cm³/mol. The van der Waals surface area contributed by atoms with Crippen LogP contribution in [0.15, 0.2) is 78.9 Å². The molecule has 2 aliphatic heterocycles. The topological polar surface area (TPSA) is 53.1 Å². The van der Waals surface area contributed by atoms with E-state index in [1.165, 1.54) is 4.90 Å². The van der Waals surface area contributed by atoms with Gasteiger partial charge in [-0.2, -0.15) is 0 Å². The van der Waals surface area contributed by atoms with Crippen molar-refractivity contribution in [3.63, 3.8) is 0 Å². The molecular weight excluding hydrogens is 426 g/mol. The number of fused-ring (bicyclic) bond motifs is 1. The quantitative estimate of drug-likeness (QED) is 0.553. The molecule has 3 atom stereocenters. The molecule has 2 saturated heterocycles. The zero-order valence-electron chi connectivity index (χ0n) is 17.7. The lowest BCUT2D eigenvalue weighted by Crippen LogP contribution is -2.37. The Morgan fingerprint density at radius 1 is 0.812 bits per heavy atom. The van der Waals surface area contributed by atoms with Crippen LogP contribution in [0.3, 0.4) is 0 Å². The van der Waals surface area contributed by atoms with Crippen molar-refractivity contribution in [3.05, 3.63) is 89.4 Å². The SMILES string of the molecule is CN(C)c1ccc([C@H]2[C@H]3C(=O)N(c4ccccc4)C(=O)[C@@H]3ON2c2ccc(Cl)cc2)cc1. The molecule has 2 amide bonds. The Bertz CT molecular complexity index is 1150. The molecule has 0 saturated carbocycles. The molecule has 32 heavy (non-hydrogen) atoms. The first-order chi connectivity index (χ1) is 15.5. The van der Waals surface area contributed by atoms with Gasteiger partial charge in [-0.3, -0.25) is 14.4 Å². The van der Waals surface area contributed by atoms with Crippen LogP contribution >= 0.6 is 11.6 Å². The van der Waals surface area contributed by atoms with Gasteiger partial charge in [-0.1, -0.05) is 41.9 Å². The molecular formula is C25H22ClN3O3. The molecule has 5 rings (SSSR count). The highest BCUT2D eigenvalue weighted by molar-refractivity contribution is 6.30. The summed E-state index contributed by atoms with van der Waals surface area (Å²) in [7, 11) is 3.95. The monoisotopic (exact) mass is 447 g/mol. The number of benzene rings is 3. The lowest BCUT2D eigenvalue weighted by molar-refractivity contribution is -0.126.